The Balaban J connectivity index is 1.60. The van der Waals surface area contributed by atoms with Crippen LogP contribution in [0, 0.1) is 5.82 Å². The van der Waals surface area contributed by atoms with Gasteiger partial charge in [-0.1, -0.05) is 65.8 Å². The minimum absolute atomic E-state index is 0.270. The summed E-state index contributed by atoms with van der Waals surface area (Å²) in [5, 5.41) is 8.12. The Hall–Kier alpha value is -4.04. The first-order valence-corrected chi connectivity index (χ1v) is 11.5. The van der Waals surface area contributed by atoms with Crippen LogP contribution >= 0.6 is 12.2 Å². The van der Waals surface area contributed by atoms with Gasteiger partial charge in [0.05, 0.1) is 25.3 Å². The van der Waals surface area contributed by atoms with Crippen LogP contribution in [0.25, 0.3) is 17.0 Å². The summed E-state index contributed by atoms with van der Waals surface area (Å²) in [5.41, 5.74) is 3.90. The van der Waals surface area contributed by atoms with Crippen LogP contribution in [0.4, 0.5) is 4.39 Å². The van der Waals surface area contributed by atoms with Crippen LogP contribution in [-0.4, -0.2) is 27.3 Å². The molecule has 0 amide bonds. The lowest BCUT2D eigenvalue weighted by atomic mass is 9.94. The van der Waals surface area contributed by atoms with Crippen molar-refractivity contribution in [1.29, 1.82) is 0 Å². The first kappa shape index (κ1) is 22.7. The maximum Gasteiger partial charge on any atom is 0.258 e. The van der Waals surface area contributed by atoms with Gasteiger partial charge in [0.15, 0.2) is 5.11 Å². The zero-order chi connectivity index (χ0) is 24.4. The van der Waals surface area contributed by atoms with E-state index >= 15 is 0 Å². The molecule has 1 N–H and O–H groups in total. The number of rotatable bonds is 6. The molecule has 2 heterocycles. The molecule has 6 nitrogen and oxygen atoms in total. The molecule has 4 aromatic rings. The monoisotopic (exact) mass is 486 g/mol. The minimum Gasteiger partial charge on any atom is -0.497 e. The molecule has 0 radical (unpaired) electrons. The Morgan fingerprint density at radius 2 is 1.83 bits per heavy atom. The van der Waals surface area contributed by atoms with Crippen molar-refractivity contribution in [3.63, 3.8) is 0 Å². The van der Waals surface area contributed by atoms with E-state index in [1.807, 2.05) is 72.5 Å². The number of hydrogen-bond donors (Lipinski definition) is 1. The first-order valence-electron chi connectivity index (χ1n) is 11.1. The molecule has 1 aliphatic heterocycles. The first-order chi connectivity index (χ1) is 17.0. The van der Waals surface area contributed by atoms with Gasteiger partial charge in [-0.2, -0.15) is 4.98 Å². The Bertz CT molecular complexity index is 1400. The summed E-state index contributed by atoms with van der Waals surface area (Å²) in [4.78, 5) is 6.57. The predicted molar refractivity (Wildman–Crippen MR) is 136 cm³/mol. The largest absolute Gasteiger partial charge is 0.497 e. The lowest BCUT2D eigenvalue weighted by Crippen LogP contribution is -2.45. The summed E-state index contributed by atoms with van der Waals surface area (Å²) < 4.78 is 25.6. The molecular formula is C27H23FN4O2S. The average Bonchev–Trinajstić information content (AvgIpc) is 3.37. The van der Waals surface area contributed by atoms with Gasteiger partial charge in [0, 0.05) is 16.8 Å². The number of benzene rings is 3. The van der Waals surface area contributed by atoms with Gasteiger partial charge < -0.3 is 19.5 Å². The summed E-state index contributed by atoms with van der Waals surface area (Å²) in [7, 11) is 1.61. The summed E-state index contributed by atoms with van der Waals surface area (Å²) >= 11 is 5.71. The molecule has 0 fully saturated rings. The van der Waals surface area contributed by atoms with Crippen LogP contribution in [0.15, 0.2) is 89.1 Å². The fourth-order valence-corrected chi connectivity index (χ4v) is 4.47. The van der Waals surface area contributed by atoms with Gasteiger partial charge >= 0.3 is 0 Å². The van der Waals surface area contributed by atoms with Crippen LogP contribution in [-0.2, 0) is 6.54 Å². The van der Waals surface area contributed by atoms with Gasteiger partial charge in [-0.3, -0.25) is 0 Å². The smallest absolute Gasteiger partial charge is 0.258 e. The van der Waals surface area contributed by atoms with Crippen LogP contribution in [0.2, 0.25) is 0 Å². The number of nitrogens with one attached hydrogen (secondary N) is 1. The number of nitrogens with zero attached hydrogens (tertiary/aromatic N) is 3. The normalized spacial score (nSPS) is 15.8. The van der Waals surface area contributed by atoms with Gasteiger partial charge in [-0.25, -0.2) is 4.39 Å². The predicted octanol–water partition coefficient (Wildman–Crippen LogP) is 5.75. The highest BCUT2D eigenvalue weighted by Gasteiger charge is 2.34. The van der Waals surface area contributed by atoms with E-state index in [0.29, 0.717) is 28.1 Å². The molecule has 1 unspecified atom stereocenters. The van der Waals surface area contributed by atoms with Crippen LogP contribution < -0.4 is 10.1 Å². The molecule has 1 aliphatic rings. The number of halogens is 1. The van der Waals surface area contributed by atoms with Crippen molar-refractivity contribution in [2.75, 3.05) is 7.11 Å². The highest BCUT2D eigenvalue weighted by atomic mass is 32.1. The Labute approximate surface area is 208 Å². The second kappa shape index (κ2) is 9.68. The van der Waals surface area contributed by atoms with E-state index in [0.717, 1.165) is 22.4 Å². The summed E-state index contributed by atoms with van der Waals surface area (Å²) in [6.07, 6.45) is 0. The van der Waals surface area contributed by atoms with E-state index in [4.69, 9.17) is 26.5 Å². The molecular weight excluding hydrogens is 463 g/mol. The van der Waals surface area contributed by atoms with Crippen molar-refractivity contribution in [2.45, 2.75) is 19.5 Å². The topological polar surface area (TPSA) is 63.4 Å². The number of allylic oxidation sites excluding steroid dienone is 1. The minimum atomic E-state index is -0.306. The van der Waals surface area contributed by atoms with E-state index < -0.39 is 0 Å². The zero-order valence-corrected chi connectivity index (χ0v) is 20.1. The van der Waals surface area contributed by atoms with Crippen LogP contribution in [0.3, 0.4) is 0 Å². The van der Waals surface area contributed by atoms with E-state index in [-0.39, 0.29) is 18.4 Å². The molecule has 8 heteroatoms. The van der Waals surface area contributed by atoms with Crippen molar-refractivity contribution < 1.29 is 13.7 Å². The SMILES string of the molecule is COc1cccc(-c2noc(C3=C(C)N(Cc4ccccc4F)C(=S)NC3c3ccccc3)n2)c1. The highest BCUT2D eigenvalue weighted by Crippen LogP contribution is 2.38. The summed E-state index contributed by atoms with van der Waals surface area (Å²) in [5.74, 6) is 1.22. The summed E-state index contributed by atoms with van der Waals surface area (Å²) in [6.45, 7) is 2.21. The van der Waals surface area contributed by atoms with Crippen LogP contribution in [0.5, 0.6) is 5.75 Å². The fourth-order valence-electron chi connectivity index (χ4n) is 4.15. The number of thiocarbonyl (C=S) groups is 1. The average molecular weight is 487 g/mol. The second-order valence-electron chi connectivity index (χ2n) is 8.12. The fraction of sp³-hybridized carbons (Fsp3) is 0.148. The van der Waals surface area contributed by atoms with E-state index in [1.165, 1.54) is 6.07 Å². The molecule has 35 heavy (non-hydrogen) atoms. The molecule has 5 rings (SSSR count). The van der Waals surface area contributed by atoms with Crippen molar-refractivity contribution in [3.05, 3.63) is 107 Å². The third-order valence-corrected chi connectivity index (χ3v) is 6.34. The molecule has 0 saturated carbocycles. The lowest BCUT2D eigenvalue weighted by Gasteiger charge is -2.37. The molecule has 0 bridgehead atoms. The third kappa shape index (κ3) is 4.52. The highest BCUT2D eigenvalue weighted by molar-refractivity contribution is 7.80. The molecule has 0 aliphatic carbocycles. The van der Waals surface area contributed by atoms with Gasteiger partial charge in [-0.05, 0) is 42.9 Å². The number of ether oxygens (including phenoxy) is 1. The van der Waals surface area contributed by atoms with E-state index in [2.05, 4.69) is 10.5 Å². The lowest BCUT2D eigenvalue weighted by molar-refractivity contribution is 0.395. The quantitative estimate of drug-likeness (QED) is 0.348. The third-order valence-electron chi connectivity index (χ3n) is 6.00. The van der Waals surface area contributed by atoms with Gasteiger partial charge in [-0.15, -0.1) is 0 Å². The van der Waals surface area contributed by atoms with Crippen molar-refractivity contribution in [1.82, 2.24) is 20.4 Å². The zero-order valence-electron chi connectivity index (χ0n) is 19.2. The maximum absolute atomic E-state index is 14.5. The molecule has 0 spiro atoms. The molecule has 176 valence electrons. The molecule has 1 aromatic heterocycles. The van der Waals surface area contributed by atoms with Gasteiger partial charge in [0.1, 0.15) is 11.6 Å². The number of aromatic nitrogens is 2. The van der Waals surface area contributed by atoms with Crippen molar-refractivity contribution in [2.24, 2.45) is 0 Å². The second-order valence-corrected chi connectivity index (χ2v) is 8.51. The Morgan fingerprint density at radius 3 is 2.60 bits per heavy atom. The summed E-state index contributed by atoms with van der Waals surface area (Å²) in [6, 6.07) is 23.8. The van der Waals surface area contributed by atoms with E-state index in [1.54, 1.807) is 19.2 Å². The Kier molecular flexibility index (Phi) is 6.29. The number of hydrogen-bond acceptors (Lipinski definition) is 5. The van der Waals surface area contributed by atoms with Gasteiger partial charge in [0.2, 0.25) is 5.82 Å². The molecule has 0 saturated heterocycles. The van der Waals surface area contributed by atoms with Crippen molar-refractivity contribution in [3.8, 4) is 17.1 Å². The number of methoxy groups -OCH3 is 1. The van der Waals surface area contributed by atoms with E-state index in [9.17, 15) is 4.39 Å². The van der Waals surface area contributed by atoms with Gasteiger partial charge in [0.25, 0.3) is 5.89 Å². The maximum atomic E-state index is 14.5. The standard InChI is InChI=1S/C27H23FN4O2S/c1-17-23(26-30-25(31-34-26)19-12-8-13-21(15-19)33-2)24(18-9-4-3-5-10-18)29-27(35)32(17)16-20-11-6-7-14-22(20)28/h3-15,24H,16H2,1-2H3,(H,29,35). The van der Waals surface area contributed by atoms with Crippen LogP contribution in [0.1, 0.15) is 30.0 Å². The van der Waals surface area contributed by atoms with Crippen molar-refractivity contribution >= 4 is 22.9 Å². The Morgan fingerprint density at radius 1 is 1.06 bits per heavy atom. The molecule has 3 aromatic carbocycles. The molecule has 1 atom stereocenters.